The van der Waals surface area contributed by atoms with E-state index in [2.05, 4.69) is 4.99 Å². The Bertz CT molecular complexity index is 645. The molecule has 0 radical (unpaired) electrons. The maximum absolute atomic E-state index is 10.3. The summed E-state index contributed by atoms with van der Waals surface area (Å²) in [5, 5.41) is 19.7. The van der Waals surface area contributed by atoms with E-state index >= 15 is 0 Å². The first-order chi connectivity index (χ1) is 9.49. The molecule has 104 valence electrons. The topological polar surface area (TPSA) is 52.8 Å². The van der Waals surface area contributed by atoms with Crippen molar-refractivity contribution in [2.45, 2.75) is 26.7 Å². The van der Waals surface area contributed by atoms with Crippen LogP contribution in [0, 0.1) is 6.92 Å². The van der Waals surface area contributed by atoms with Crippen molar-refractivity contribution in [1.29, 1.82) is 0 Å². The average Bonchev–Trinajstić information content (AvgIpc) is 2.38. The number of hydrogen-bond donors (Lipinski definition) is 2. The fourth-order valence-electron chi connectivity index (χ4n) is 2.07. The number of aryl methyl sites for hydroxylation is 1. The number of hydrogen-bond acceptors (Lipinski definition) is 3. The molecule has 2 aromatic rings. The lowest BCUT2D eigenvalue weighted by Crippen LogP contribution is -1.90. The average molecular weight is 269 g/mol. The Morgan fingerprint density at radius 2 is 1.85 bits per heavy atom. The van der Waals surface area contributed by atoms with Gasteiger partial charge in [-0.25, -0.2) is 0 Å². The number of rotatable bonds is 3. The molecule has 0 amide bonds. The third-order valence-electron chi connectivity index (χ3n) is 3.22. The highest BCUT2D eigenvalue weighted by Gasteiger charge is 2.11. The minimum absolute atomic E-state index is 0.200. The second-order valence-corrected chi connectivity index (χ2v) is 5.18. The molecular weight excluding hydrogens is 250 g/mol. The van der Waals surface area contributed by atoms with Crippen LogP contribution in [0.15, 0.2) is 41.4 Å². The van der Waals surface area contributed by atoms with Crippen LogP contribution in [0.4, 0.5) is 5.69 Å². The Hall–Kier alpha value is -2.29. The van der Waals surface area contributed by atoms with Crippen molar-refractivity contribution in [1.82, 2.24) is 0 Å². The summed E-state index contributed by atoms with van der Waals surface area (Å²) in [5.41, 5.74) is 3.18. The number of aliphatic imine (C=N–C) groups is 1. The van der Waals surface area contributed by atoms with E-state index in [-0.39, 0.29) is 17.4 Å². The number of benzene rings is 2. The molecule has 0 aliphatic rings. The van der Waals surface area contributed by atoms with Crippen LogP contribution in [0.1, 0.15) is 36.5 Å². The second kappa shape index (κ2) is 5.78. The quantitative estimate of drug-likeness (QED) is 0.817. The van der Waals surface area contributed by atoms with Crippen molar-refractivity contribution in [3.05, 3.63) is 53.1 Å². The Kier molecular flexibility index (Phi) is 4.08. The molecule has 0 aliphatic heterocycles. The molecule has 2 aromatic carbocycles. The van der Waals surface area contributed by atoms with Gasteiger partial charge in [0.25, 0.3) is 0 Å². The van der Waals surface area contributed by atoms with Gasteiger partial charge in [0.05, 0.1) is 0 Å². The number of phenols is 2. The summed E-state index contributed by atoms with van der Waals surface area (Å²) in [7, 11) is 0. The van der Waals surface area contributed by atoms with Gasteiger partial charge in [-0.3, -0.25) is 4.99 Å². The molecule has 20 heavy (non-hydrogen) atoms. The van der Waals surface area contributed by atoms with Gasteiger partial charge in [-0.05, 0) is 41.7 Å². The molecule has 0 saturated heterocycles. The van der Waals surface area contributed by atoms with Crippen molar-refractivity contribution < 1.29 is 10.2 Å². The van der Waals surface area contributed by atoms with E-state index in [9.17, 15) is 10.2 Å². The largest absolute Gasteiger partial charge is 0.508 e. The summed E-state index contributed by atoms with van der Waals surface area (Å²) in [6, 6.07) is 10.7. The molecule has 0 heterocycles. The van der Waals surface area contributed by atoms with Crippen molar-refractivity contribution in [3.63, 3.8) is 0 Å². The van der Waals surface area contributed by atoms with Gasteiger partial charge < -0.3 is 10.2 Å². The molecule has 0 atom stereocenters. The molecule has 2 N–H and O–H groups in total. The van der Waals surface area contributed by atoms with Crippen LogP contribution in [-0.4, -0.2) is 16.4 Å². The first-order valence-corrected chi connectivity index (χ1v) is 6.64. The van der Waals surface area contributed by atoms with E-state index in [1.807, 2.05) is 39.0 Å². The summed E-state index contributed by atoms with van der Waals surface area (Å²) < 4.78 is 0. The maximum atomic E-state index is 10.3. The predicted molar refractivity (Wildman–Crippen MR) is 82.3 cm³/mol. The first kappa shape index (κ1) is 14.1. The van der Waals surface area contributed by atoms with E-state index in [1.54, 1.807) is 24.4 Å². The summed E-state index contributed by atoms with van der Waals surface area (Å²) in [6.45, 7) is 5.99. The van der Waals surface area contributed by atoms with E-state index < -0.39 is 0 Å². The van der Waals surface area contributed by atoms with Gasteiger partial charge >= 0.3 is 0 Å². The normalized spacial score (nSPS) is 11.4. The SMILES string of the molecule is Cc1ccc(C(C)C)c(O)c1N=Cc1cccc(O)c1. The number of nitrogens with zero attached hydrogens (tertiary/aromatic N) is 1. The zero-order chi connectivity index (χ0) is 14.7. The number of phenolic OH excluding ortho intramolecular Hbond substituents is 2. The number of aromatic hydroxyl groups is 2. The maximum Gasteiger partial charge on any atom is 0.144 e. The third kappa shape index (κ3) is 2.99. The molecule has 3 heteroatoms. The van der Waals surface area contributed by atoms with Crippen molar-refractivity contribution >= 4 is 11.9 Å². The molecule has 0 aliphatic carbocycles. The summed E-state index contributed by atoms with van der Waals surface area (Å²) in [6.07, 6.45) is 1.64. The fraction of sp³-hybridized carbons (Fsp3) is 0.235. The lowest BCUT2D eigenvalue weighted by atomic mass is 9.99. The summed E-state index contributed by atoms with van der Waals surface area (Å²) in [4.78, 5) is 4.37. The molecule has 0 saturated carbocycles. The van der Waals surface area contributed by atoms with Crippen LogP contribution in [0.2, 0.25) is 0 Å². The minimum atomic E-state index is 0.200. The fourth-order valence-corrected chi connectivity index (χ4v) is 2.07. The van der Waals surface area contributed by atoms with Crippen LogP contribution in [0.5, 0.6) is 11.5 Å². The minimum Gasteiger partial charge on any atom is -0.508 e. The Morgan fingerprint density at radius 1 is 1.10 bits per heavy atom. The Labute approximate surface area is 119 Å². The highest BCUT2D eigenvalue weighted by atomic mass is 16.3. The Morgan fingerprint density at radius 3 is 2.50 bits per heavy atom. The van der Waals surface area contributed by atoms with Crippen molar-refractivity contribution in [2.75, 3.05) is 0 Å². The highest BCUT2D eigenvalue weighted by molar-refractivity contribution is 5.84. The highest BCUT2D eigenvalue weighted by Crippen LogP contribution is 2.37. The van der Waals surface area contributed by atoms with Gasteiger partial charge in [0.2, 0.25) is 0 Å². The molecule has 0 unspecified atom stereocenters. The Balaban J connectivity index is 2.40. The van der Waals surface area contributed by atoms with Crippen LogP contribution in [0.3, 0.4) is 0 Å². The zero-order valence-electron chi connectivity index (χ0n) is 12.0. The lowest BCUT2D eigenvalue weighted by Gasteiger charge is -2.12. The van der Waals surface area contributed by atoms with E-state index in [4.69, 9.17) is 0 Å². The van der Waals surface area contributed by atoms with E-state index in [0.717, 1.165) is 16.7 Å². The van der Waals surface area contributed by atoms with Gasteiger partial charge in [-0.2, -0.15) is 0 Å². The standard InChI is InChI=1S/C17H19NO2/c1-11(2)15-8-7-12(3)16(17(15)20)18-10-13-5-4-6-14(19)9-13/h4-11,19-20H,1-3H3. The molecular formula is C17H19NO2. The van der Waals surface area contributed by atoms with Crippen LogP contribution < -0.4 is 0 Å². The monoisotopic (exact) mass is 269 g/mol. The van der Waals surface area contributed by atoms with Crippen molar-refractivity contribution in [2.24, 2.45) is 4.99 Å². The summed E-state index contributed by atoms with van der Waals surface area (Å²) >= 11 is 0. The second-order valence-electron chi connectivity index (χ2n) is 5.18. The van der Waals surface area contributed by atoms with Gasteiger partial charge in [0, 0.05) is 6.21 Å². The van der Waals surface area contributed by atoms with Gasteiger partial charge in [-0.1, -0.05) is 38.1 Å². The van der Waals surface area contributed by atoms with Crippen molar-refractivity contribution in [3.8, 4) is 11.5 Å². The van der Waals surface area contributed by atoms with Gasteiger partial charge in [-0.15, -0.1) is 0 Å². The van der Waals surface area contributed by atoms with Gasteiger partial charge in [0.15, 0.2) is 0 Å². The third-order valence-corrected chi connectivity index (χ3v) is 3.22. The van der Waals surface area contributed by atoms with E-state index in [1.165, 1.54) is 0 Å². The van der Waals surface area contributed by atoms with Crippen LogP contribution >= 0.6 is 0 Å². The first-order valence-electron chi connectivity index (χ1n) is 6.64. The molecule has 0 aromatic heterocycles. The van der Waals surface area contributed by atoms with Crippen LogP contribution in [0.25, 0.3) is 0 Å². The lowest BCUT2D eigenvalue weighted by molar-refractivity contribution is 0.466. The molecule has 0 bridgehead atoms. The van der Waals surface area contributed by atoms with Gasteiger partial charge in [0.1, 0.15) is 17.2 Å². The predicted octanol–water partition coefficient (Wildman–Crippen LogP) is 4.28. The molecule has 0 fully saturated rings. The molecule has 0 spiro atoms. The molecule has 3 nitrogen and oxygen atoms in total. The zero-order valence-corrected chi connectivity index (χ0v) is 12.0. The van der Waals surface area contributed by atoms with E-state index in [0.29, 0.717) is 5.69 Å². The summed E-state index contributed by atoms with van der Waals surface area (Å²) in [5.74, 6) is 0.674. The van der Waals surface area contributed by atoms with Crippen LogP contribution in [-0.2, 0) is 0 Å². The molecule has 2 rings (SSSR count). The smallest absolute Gasteiger partial charge is 0.144 e.